The lowest BCUT2D eigenvalue weighted by molar-refractivity contribution is -0.137. The maximum absolute atomic E-state index is 14.0. The second kappa shape index (κ2) is 8.86. The Morgan fingerprint density at radius 2 is 1.86 bits per heavy atom. The molecule has 4 nitrogen and oxygen atoms in total. The fraction of sp³-hybridized carbons (Fsp3) is 0.273. The molecule has 0 aliphatic carbocycles. The number of carbonyl (C=O) groups excluding carboxylic acids is 1. The highest BCUT2D eigenvalue weighted by molar-refractivity contribution is 9.08. The summed E-state index contributed by atoms with van der Waals surface area (Å²) in [6.07, 6.45) is 0. The molecule has 1 heterocycles. The Hall–Kier alpha value is -2.54. The summed E-state index contributed by atoms with van der Waals surface area (Å²) in [5.41, 5.74) is 3.37. The average molecular weight is 463 g/mol. The van der Waals surface area contributed by atoms with Crippen molar-refractivity contribution in [3.05, 3.63) is 82.1 Å². The number of rotatable bonds is 5. The van der Waals surface area contributed by atoms with Gasteiger partial charge < -0.3 is 9.64 Å². The molecule has 152 valence electrons. The molecule has 0 aromatic heterocycles. The minimum Gasteiger partial charge on any atom is -0.466 e. The van der Waals surface area contributed by atoms with Crippen molar-refractivity contribution in [1.82, 2.24) is 4.90 Å². The summed E-state index contributed by atoms with van der Waals surface area (Å²) in [6, 6.07) is 11.0. The number of hydrogen-bond donors (Lipinski definition) is 0. The Morgan fingerprint density at radius 3 is 2.52 bits per heavy atom. The molecule has 0 saturated carbocycles. The van der Waals surface area contributed by atoms with Gasteiger partial charge in [-0.25, -0.2) is 18.6 Å². The average Bonchev–Trinajstić information content (AvgIpc) is 2.71. The maximum Gasteiger partial charge on any atom is 0.338 e. The number of benzene rings is 2. The van der Waals surface area contributed by atoms with E-state index in [4.69, 9.17) is 4.74 Å². The third-order valence-electron chi connectivity index (χ3n) is 4.88. The molecule has 2 aromatic rings. The maximum atomic E-state index is 14.0. The number of aliphatic imine (C=N–C) groups is 1. The molecular formula is C22H21BrF2N2O2. The summed E-state index contributed by atoms with van der Waals surface area (Å²) in [5.74, 6) is -1.78. The van der Waals surface area contributed by atoms with Gasteiger partial charge in [-0.05, 0) is 42.7 Å². The summed E-state index contributed by atoms with van der Waals surface area (Å²) in [6.45, 7) is 3.98. The molecule has 0 bridgehead atoms. The number of allylic oxidation sites excluding steroid dienone is 1. The number of esters is 1. The lowest BCUT2D eigenvalue weighted by Gasteiger charge is -2.38. The smallest absolute Gasteiger partial charge is 0.338 e. The molecule has 0 fully saturated rings. The molecule has 0 N–H and O–H groups in total. The number of hydrogen-bond acceptors (Lipinski definition) is 4. The van der Waals surface area contributed by atoms with Crippen molar-refractivity contribution in [2.75, 3.05) is 7.11 Å². The van der Waals surface area contributed by atoms with Gasteiger partial charge in [0.05, 0.1) is 24.4 Å². The molecule has 0 amide bonds. The molecular weight excluding hydrogens is 442 g/mol. The van der Waals surface area contributed by atoms with Crippen LogP contribution in [0.15, 0.2) is 58.7 Å². The molecule has 1 unspecified atom stereocenters. The van der Waals surface area contributed by atoms with Crippen LogP contribution in [0.4, 0.5) is 8.78 Å². The normalized spacial score (nSPS) is 16.7. The Balaban J connectivity index is 2.12. The number of alkyl halides is 1. The topological polar surface area (TPSA) is 41.9 Å². The lowest BCUT2D eigenvalue weighted by Crippen LogP contribution is -2.39. The van der Waals surface area contributed by atoms with E-state index >= 15 is 0 Å². The fourth-order valence-electron chi connectivity index (χ4n) is 3.52. The summed E-state index contributed by atoms with van der Waals surface area (Å²) in [4.78, 5) is 19.0. The number of nitrogens with zero attached hydrogens (tertiary/aromatic N) is 2. The molecule has 3 rings (SSSR count). The van der Waals surface area contributed by atoms with Crippen LogP contribution in [-0.4, -0.2) is 23.8 Å². The number of halogens is 3. The molecule has 0 spiro atoms. The molecule has 1 atom stereocenters. The van der Waals surface area contributed by atoms with Crippen LogP contribution in [0.5, 0.6) is 0 Å². The summed E-state index contributed by atoms with van der Waals surface area (Å²) in [7, 11) is 1.29. The second-order valence-electron chi connectivity index (χ2n) is 6.81. The van der Waals surface area contributed by atoms with Gasteiger partial charge in [-0.2, -0.15) is 0 Å². The van der Waals surface area contributed by atoms with E-state index in [2.05, 4.69) is 20.9 Å². The van der Waals surface area contributed by atoms with Crippen LogP contribution in [0.1, 0.15) is 36.6 Å². The van der Waals surface area contributed by atoms with Gasteiger partial charge in [-0.15, -0.1) is 0 Å². The van der Waals surface area contributed by atoms with E-state index in [1.54, 1.807) is 6.92 Å². The molecule has 29 heavy (non-hydrogen) atoms. The third-order valence-corrected chi connectivity index (χ3v) is 5.53. The quantitative estimate of drug-likeness (QED) is 0.448. The predicted molar refractivity (Wildman–Crippen MR) is 112 cm³/mol. The highest BCUT2D eigenvalue weighted by atomic mass is 79.9. The Labute approximate surface area is 177 Å². The molecule has 7 heteroatoms. The Kier molecular flexibility index (Phi) is 6.47. The van der Waals surface area contributed by atoms with Crippen LogP contribution < -0.4 is 0 Å². The summed E-state index contributed by atoms with van der Waals surface area (Å²) in [5, 5.41) is 0.715. The van der Waals surface area contributed by atoms with E-state index in [1.807, 2.05) is 36.1 Å². The zero-order valence-corrected chi connectivity index (χ0v) is 18.0. The van der Waals surface area contributed by atoms with Crippen molar-refractivity contribution in [3.8, 4) is 0 Å². The standard InChI is InChI=1S/C22H21BrF2N2O2/c1-13-20(22(28)29-3)21(17-7-8-18(24)19(25)10-17)27(14(2)26-13)12-16-6-4-5-15(9-16)11-23/h4-10,21H,11-12H2,1-3H3. The number of methoxy groups -OCH3 is 1. The minimum absolute atomic E-state index is 0.306. The Morgan fingerprint density at radius 1 is 1.14 bits per heavy atom. The second-order valence-corrected chi connectivity index (χ2v) is 7.37. The molecule has 1 aliphatic rings. The minimum atomic E-state index is -0.967. The first kappa shape index (κ1) is 21.2. The van der Waals surface area contributed by atoms with Crippen molar-refractivity contribution < 1.29 is 18.3 Å². The van der Waals surface area contributed by atoms with Crippen molar-refractivity contribution >= 4 is 27.7 Å². The van der Waals surface area contributed by atoms with E-state index in [1.165, 1.54) is 13.2 Å². The highest BCUT2D eigenvalue weighted by Gasteiger charge is 2.35. The predicted octanol–water partition coefficient (Wildman–Crippen LogP) is 5.28. The van der Waals surface area contributed by atoms with Gasteiger partial charge in [-0.3, -0.25) is 0 Å². The first-order valence-electron chi connectivity index (χ1n) is 9.05. The molecule has 1 aliphatic heterocycles. The van der Waals surface area contributed by atoms with Gasteiger partial charge in [0, 0.05) is 11.9 Å². The molecule has 0 radical (unpaired) electrons. The van der Waals surface area contributed by atoms with Crippen molar-refractivity contribution in [3.63, 3.8) is 0 Å². The first-order chi connectivity index (χ1) is 13.8. The van der Waals surface area contributed by atoms with Crippen molar-refractivity contribution in [2.24, 2.45) is 4.99 Å². The fourth-order valence-corrected chi connectivity index (χ4v) is 3.87. The van der Waals surface area contributed by atoms with E-state index in [0.29, 0.717) is 34.5 Å². The van der Waals surface area contributed by atoms with Crippen LogP contribution >= 0.6 is 15.9 Å². The summed E-state index contributed by atoms with van der Waals surface area (Å²) < 4.78 is 32.5. The van der Waals surface area contributed by atoms with E-state index in [9.17, 15) is 13.6 Å². The van der Waals surface area contributed by atoms with Crippen LogP contribution in [0.2, 0.25) is 0 Å². The summed E-state index contributed by atoms with van der Waals surface area (Å²) >= 11 is 3.45. The number of ether oxygens (including phenoxy) is 1. The Bertz CT molecular complexity index is 1000. The first-order valence-corrected chi connectivity index (χ1v) is 10.2. The SMILES string of the molecule is COC(=O)C1=C(C)N=C(C)N(Cc2cccc(CBr)c2)C1c1ccc(F)c(F)c1. The van der Waals surface area contributed by atoms with Gasteiger partial charge in [0.2, 0.25) is 0 Å². The van der Waals surface area contributed by atoms with Gasteiger partial charge in [0.15, 0.2) is 11.6 Å². The zero-order chi connectivity index (χ0) is 21.1. The van der Waals surface area contributed by atoms with E-state index in [0.717, 1.165) is 23.3 Å². The van der Waals surface area contributed by atoms with Crippen LogP contribution in [0.3, 0.4) is 0 Å². The van der Waals surface area contributed by atoms with Gasteiger partial charge in [0.25, 0.3) is 0 Å². The largest absolute Gasteiger partial charge is 0.466 e. The van der Waals surface area contributed by atoms with Crippen LogP contribution in [-0.2, 0) is 21.4 Å². The van der Waals surface area contributed by atoms with Gasteiger partial charge in [-0.1, -0.05) is 46.3 Å². The molecule has 0 saturated heterocycles. The van der Waals surface area contributed by atoms with Crippen molar-refractivity contribution in [2.45, 2.75) is 31.8 Å². The van der Waals surface area contributed by atoms with Crippen LogP contribution in [0.25, 0.3) is 0 Å². The number of carbonyl (C=O) groups is 1. The third kappa shape index (κ3) is 4.40. The highest BCUT2D eigenvalue weighted by Crippen LogP contribution is 2.37. The van der Waals surface area contributed by atoms with E-state index < -0.39 is 23.6 Å². The van der Waals surface area contributed by atoms with Crippen LogP contribution in [0, 0.1) is 11.6 Å². The lowest BCUT2D eigenvalue weighted by atomic mass is 9.93. The van der Waals surface area contributed by atoms with Gasteiger partial charge in [0.1, 0.15) is 5.84 Å². The zero-order valence-electron chi connectivity index (χ0n) is 16.4. The molecule has 2 aromatic carbocycles. The van der Waals surface area contributed by atoms with Gasteiger partial charge >= 0.3 is 5.97 Å². The van der Waals surface area contributed by atoms with Crippen molar-refractivity contribution in [1.29, 1.82) is 0 Å². The number of amidine groups is 1. The monoisotopic (exact) mass is 462 g/mol. The van der Waals surface area contributed by atoms with E-state index in [-0.39, 0.29) is 0 Å².